The minimum Gasteiger partial charge on any atom is -0.307 e. The van der Waals surface area contributed by atoms with E-state index in [4.69, 9.17) is 0 Å². The summed E-state index contributed by atoms with van der Waals surface area (Å²) in [6.45, 7) is 0. The van der Waals surface area contributed by atoms with Gasteiger partial charge in [0.2, 0.25) is 11.8 Å². The Labute approximate surface area is 211 Å². The molecule has 3 aromatic rings. The predicted octanol–water partition coefficient (Wildman–Crippen LogP) is 5.13. The van der Waals surface area contributed by atoms with Crippen LogP contribution in [0, 0.1) is 29.6 Å². The summed E-state index contributed by atoms with van der Waals surface area (Å²) >= 11 is 2.79. The van der Waals surface area contributed by atoms with Crippen LogP contribution in [0.25, 0.3) is 0 Å². The number of hydrogen-bond donors (Lipinski definition) is 1. The number of fused-ring (bicyclic) bond motifs is 9. The molecule has 2 aromatic carbocycles. The van der Waals surface area contributed by atoms with Crippen LogP contribution in [0.1, 0.15) is 28.3 Å². The molecule has 0 unspecified atom stereocenters. The van der Waals surface area contributed by atoms with Crippen LogP contribution < -0.4 is 9.77 Å². The average molecular weight is 529 g/mol. The van der Waals surface area contributed by atoms with Crippen LogP contribution in [0.2, 0.25) is 0 Å². The Balaban J connectivity index is 1.30. The van der Waals surface area contributed by atoms with Crippen LogP contribution in [0.3, 0.4) is 0 Å². The lowest BCUT2D eigenvalue weighted by molar-refractivity contribution is -0.137. The topological polar surface area (TPSA) is 70.2 Å². The predicted molar refractivity (Wildman–Crippen MR) is 129 cm³/mol. The maximum absolute atomic E-state index is 13.7. The second-order valence-corrected chi connectivity index (χ2v) is 12.1. The third-order valence-electron chi connectivity index (χ3n) is 8.31. The van der Waals surface area contributed by atoms with Gasteiger partial charge in [-0.15, -0.1) is 11.8 Å². The number of alkyl halides is 3. The molecule has 0 radical (unpaired) electrons. The molecule has 2 saturated carbocycles. The molecule has 7 rings (SSSR count). The Morgan fingerprint density at radius 3 is 2.36 bits per heavy atom. The van der Waals surface area contributed by atoms with Gasteiger partial charge in [0.25, 0.3) is 0 Å². The van der Waals surface area contributed by atoms with Crippen LogP contribution in [0.4, 0.5) is 18.9 Å². The van der Waals surface area contributed by atoms with E-state index in [2.05, 4.69) is 4.98 Å². The largest absolute Gasteiger partial charge is 0.416 e. The summed E-state index contributed by atoms with van der Waals surface area (Å²) in [4.78, 5) is 44.3. The molecule has 36 heavy (non-hydrogen) atoms. The molecule has 1 saturated heterocycles. The summed E-state index contributed by atoms with van der Waals surface area (Å²) in [6.07, 6.45) is -3.84. The fraction of sp³-hybridized carbons (Fsp3) is 0.346. The molecule has 2 aliphatic carbocycles. The number of carbonyl (C=O) groups is 2. The smallest absolute Gasteiger partial charge is 0.307 e. The Kier molecular flexibility index (Phi) is 4.71. The van der Waals surface area contributed by atoms with E-state index in [9.17, 15) is 27.6 Å². The molecule has 4 aliphatic rings. The third-order valence-corrected chi connectivity index (χ3v) is 10.9. The monoisotopic (exact) mass is 528 g/mol. The normalized spacial score (nSPS) is 32.5. The standard InChI is InChI=1S/C26H19F3N2O3S2/c27-26(28,29)12-7-4-8-13(9-12)31-23(32)18-14-10-15(19(18)24(31)33)20-17(14)16(11-5-2-1-3-6-11)21-22(35-20)30-25(34)36-21/h1-9,14-20H,10H2,(H,30,34)/t14-,15-,16-,17-,18+,19-,20+/m1/s1. The minimum absolute atomic E-state index is 0.0210. The van der Waals surface area contributed by atoms with Crippen LogP contribution in [0.15, 0.2) is 64.4 Å². The molecule has 2 amide bonds. The number of rotatable bonds is 2. The van der Waals surface area contributed by atoms with Gasteiger partial charge in [-0.05, 0) is 47.9 Å². The summed E-state index contributed by atoms with van der Waals surface area (Å²) < 4.78 is 40.0. The summed E-state index contributed by atoms with van der Waals surface area (Å²) in [5, 5.41) is 0.869. The van der Waals surface area contributed by atoms with Crippen molar-refractivity contribution in [3.63, 3.8) is 0 Å². The number of H-pyrrole nitrogens is 1. The number of halogens is 3. The number of benzene rings is 2. The number of amides is 2. The zero-order valence-electron chi connectivity index (χ0n) is 18.6. The molecule has 3 heterocycles. The first kappa shape index (κ1) is 22.4. The molecular weight excluding hydrogens is 509 g/mol. The first-order valence-corrected chi connectivity index (χ1v) is 13.4. The van der Waals surface area contributed by atoms with Gasteiger partial charge in [-0.1, -0.05) is 47.7 Å². The van der Waals surface area contributed by atoms with Crippen molar-refractivity contribution < 1.29 is 22.8 Å². The number of imide groups is 1. The number of nitrogens with zero attached hydrogens (tertiary/aromatic N) is 1. The van der Waals surface area contributed by atoms with Crippen molar-refractivity contribution in [2.75, 3.05) is 4.90 Å². The molecule has 2 aliphatic heterocycles. The summed E-state index contributed by atoms with van der Waals surface area (Å²) in [7, 11) is 0. The summed E-state index contributed by atoms with van der Waals surface area (Å²) in [5.74, 6) is -2.09. The van der Waals surface area contributed by atoms with Gasteiger partial charge in [0.05, 0.1) is 28.1 Å². The van der Waals surface area contributed by atoms with E-state index in [1.54, 1.807) is 11.8 Å². The van der Waals surface area contributed by atoms with E-state index in [-0.39, 0.29) is 39.5 Å². The van der Waals surface area contributed by atoms with Crippen molar-refractivity contribution in [1.29, 1.82) is 0 Å². The molecule has 2 bridgehead atoms. The Morgan fingerprint density at radius 2 is 1.64 bits per heavy atom. The van der Waals surface area contributed by atoms with Gasteiger partial charge in [-0.25, -0.2) is 0 Å². The SMILES string of the molecule is O=C1[C@@H]2[C@H]3C[C@@H]([C@@H]2C(=O)N1c1cccc(C(F)(F)F)c1)[C@@H]1[C@@H](c2ccccc2)c2sc(=O)[nH]c2S[C@@H]31. The van der Waals surface area contributed by atoms with Crippen molar-refractivity contribution in [3.05, 3.63) is 80.3 Å². The number of anilines is 1. The van der Waals surface area contributed by atoms with Gasteiger partial charge in [-0.3, -0.25) is 19.3 Å². The van der Waals surface area contributed by atoms with Gasteiger partial charge in [0.15, 0.2) is 0 Å². The number of hydrogen-bond acceptors (Lipinski definition) is 5. The van der Waals surface area contributed by atoms with E-state index >= 15 is 0 Å². The molecular formula is C26H19F3N2O3S2. The highest BCUT2D eigenvalue weighted by Crippen LogP contribution is 2.68. The maximum Gasteiger partial charge on any atom is 0.416 e. The van der Waals surface area contributed by atoms with Crippen LogP contribution in [0.5, 0.6) is 0 Å². The number of thioether (sulfide) groups is 1. The van der Waals surface area contributed by atoms with Crippen LogP contribution in [-0.4, -0.2) is 22.0 Å². The zero-order chi connectivity index (χ0) is 24.9. The summed E-state index contributed by atoms with van der Waals surface area (Å²) in [6, 6.07) is 14.4. The van der Waals surface area contributed by atoms with Crippen molar-refractivity contribution in [3.8, 4) is 0 Å². The fourth-order valence-electron chi connectivity index (χ4n) is 7.13. The molecule has 184 valence electrons. The molecule has 1 aromatic heterocycles. The van der Waals surface area contributed by atoms with Gasteiger partial charge in [0.1, 0.15) is 0 Å². The van der Waals surface area contributed by atoms with Gasteiger partial charge < -0.3 is 4.98 Å². The lowest BCUT2D eigenvalue weighted by Crippen LogP contribution is -2.42. The number of aromatic amines is 1. The fourth-order valence-corrected chi connectivity index (χ4v) is 10.0. The van der Waals surface area contributed by atoms with E-state index < -0.39 is 35.4 Å². The van der Waals surface area contributed by atoms with Crippen molar-refractivity contribution >= 4 is 40.6 Å². The summed E-state index contributed by atoms with van der Waals surface area (Å²) in [5.41, 5.74) is 0.162. The van der Waals surface area contributed by atoms with Gasteiger partial charge in [0, 0.05) is 16.0 Å². The van der Waals surface area contributed by atoms with Gasteiger partial charge >= 0.3 is 11.0 Å². The Hall–Kier alpha value is -2.85. The third kappa shape index (κ3) is 3.00. The number of thiazole rings is 1. The molecule has 7 atom stereocenters. The van der Waals surface area contributed by atoms with Gasteiger partial charge in [-0.2, -0.15) is 13.2 Å². The lowest BCUT2D eigenvalue weighted by atomic mass is 9.68. The quantitative estimate of drug-likeness (QED) is 0.468. The lowest BCUT2D eigenvalue weighted by Gasteiger charge is -2.43. The van der Waals surface area contributed by atoms with Crippen LogP contribution in [-0.2, 0) is 15.8 Å². The number of carbonyl (C=O) groups excluding carboxylic acids is 2. The van der Waals surface area contributed by atoms with E-state index in [1.807, 2.05) is 30.3 Å². The average Bonchev–Trinajstić information content (AvgIpc) is 3.58. The highest BCUT2D eigenvalue weighted by Gasteiger charge is 2.69. The molecule has 0 spiro atoms. The zero-order valence-corrected chi connectivity index (χ0v) is 20.2. The highest BCUT2D eigenvalue weighted by atomic mass is 32.2. The highest BCUT2D eigenvalue weighted by molar-refractivity contribution is 8.00. The Morgan fingerprint density at radius 1 is 0.917 bits per heavy atom. The Bertz CT molecular complexity index is 1470. The van der Waals surface area contributed by atoms with Crippen molar-refractivity contribution in [2.45, 2.75) is 28.8 Å². The molecule has 10 heteroatoms. The number of nitrogens with one attached hydrogen (secondary N) is 1. The number of aromatic nitrogens is 1. The van der Waals surface area contributed by atoms with E-state index in [0.29, 0.717) is 0 Å². The molecule has 1 N–H and O–H groups in total. The molecule has 3 fully saturated rings. The van der Waals surface area contributed by atoms with Crippen molar-refractivity contribution in [2.24, 2.45) is 29.6 Å². The second kappa shape index (κ2) is 7.58. The van der Waals surface area contributed by atoms with E-state index in [1.165, 1.54) is 23.5 Å². The minimum atomic E-state index is -4.57. The maximum atomic E-state index is 13.7. The van der Waals surface area contributed by atoms with Crippen molar-refractivity contribution in [1.82, 2.24) is 4.98 Å². The van der Waals surface area contributed by atoms with Crippen LogP contribution >= 0.6 is 23.1 Å². The molecule has 5 nitrogen and oxygen atoms in total. The van der Waals surface area contributed by atoms with E-state index in [0.717, 1.165) is 38.9 Å². The second-order valence-electron chi connectivity index (χ2n) is 9.93. The first-order valence-electron chi connectivity index (χ1n) is 11.7. The first-order chi connectivity index (χ1) is 17.2.